The van der Waals surface area contributed by atoms with Crippen LogP contribution in [0.4, 0.5) is 0 Å². The Balaban J connectivity index is 1.98. The molecule has 2 aromatic rings. The Morgan fingerprint density at radius 3 is 1.76 bits per heavy atom. The Kier molecular flexibility index (Phi) is 4.56. The molecule has 84 valence electrons. The summed E-state index contributed by atoms with van der Waals surface area (Å²) < 4.78 is 1.26. The van der Waals surface area contributed by atoms with Gasteiger partial charge in [0, 0.05) is 3.57 Å². The molecule has 0 aromatic heterocycles. The highest BCUT2D eigenvalue weighted by Gasteiger charge is 1.85. The summed E-state index contributed by atoms with van der Waals surface area (Å²) in [5, 5.41) is 0. The van der Waals surface area contributed by atoms with Gasteiger partial charge in [0.1, 0.15) is 0 Å². The fourth-order valence-corrected chi connectivity index (χ4v) is 1.83. The van der Waals surface area contributed by atoms with Crippen molar-refractivity contribution in [3.05, 3.63) is 81.4 Å². The van der Waals surface area contributed by atoms with E-state index in [1.807, 2.05) is 18.2 Å². The number of allylic oxidation sites excluding steroid dienone is 2. The summed E-state index contributed by atoms with van der Waals surface area (Å²) in [6.07, 6.45) is 8.33. The van der Waals surface area contributed by atoms with E-state index in [4.69, 9.17) is 0 Å². The van der Waals surface area contributed by atoms with Gasteiger partial charge < -0.3 is 0 Å². The number of hydrogen-bond acceptors (Lipinski definition) is 0. The molecule has 0 aliphatic heterocycles. The maximum absolute atomic E-state index is 2.31. The van der Waals surface area contributed by atoms with Gasteiger partial charge in [0.15, 0.2) is 0 Å². The van der Waals surface area contributed by atoms with Crippen LogP contribution in [0.1, 0.15) is 11.1 Å². The molecule has 0 unspecified atom stereocenters. The first kappa shape index (κ1) is 12.1. The van der Waals surface area contributed by atoms with Gasteiger partial charge in [-0.2, -0.15) is 0 Å². The van der Waals surface area contributed by atoms with Gasteiger partial charge in [0.05, 0.1) is 0 Å². The van der Waals surface area contributed by atoms with Gasteiger partial charge in [-0.25, -0.2) is 0 Å². The van der Waals surface area contributed by atoms with Crippen molar-refractivity contribution in [2.45, 2.75) is 0 Å². The second kappa shape index (κ2) is 6.40. The topological polar surface area (TPSA) is 0 Å². The minimum absolute atomic E-state index is 1.22. The molecule has 1 heteroatoms. The average molecular weight is 332 g/mol. The van der Waals surface area contributed by atoms with Crippen LogP contribution in [0.3, 0.4) is 0 Å². The van der Waals surface area contributed by atoms with Crippen molar-refractivity contribution in [3.8, 4) is 0 Å². The maximum atomic E-state index is 2.31. The van der Waals surface area contributed by atoms with E-state index in [2.05, 4.69) is 83.3 Å². The minimum Gasteiger partial charge on any atom is -0.0622 e. The van der Waals surface area contributed by atoms with Crippen LogP contribution >= 0.6 is 22.6 Å². The van der Waals surface area contributed by atoms with Gasteiger partial charge in [-0.3, -0.25) is 0 Å². The quantitative estimate of drug-likeness (QED) is 0.547. The van der Waals surface area contributed by atoms with Crippen LogP contribution in [0.2, 0.25) is 0 Å². The summed E-state index contributed by atoms with van der Waals surface area (Å²) in [5.74, 6) is 0. The lowest BCUT2D eigenvalue weighted by atomic mass is 10.2. The lowest BCUT2D eigenvalue weighted by Gasteiger charge is -1.92. The molecular formula is C16H13I. The van der Waals surface area contributed by atoms with Crippen LogP contribution in [0.5, 0.6) is 0 Å². The molecule has 0 atom stereocenters. The Hall–Kier alpha value is -1.35. The fraction of sp³-hybridized carbons (Fsp3) is 0. The predicted molar refractivity (Wildman–Crippen MR) is 83.7 cm³/mol. The van der Waals surface area contributed by atoms with Crippen molar-refractivity contribution in [2.24, 2.45) is 0 Å². The minimum atomic E-state index is 1.22. The molecule has 0 aliphatic rings. The largest absolute Gasteiger partial charge is 0.0622 e. The van der Waals surface area contributed by atoms with E-state index in [0.29, 0.717) is 0 Å². The predicted octanol–water partition coefficient (Wildman–Crippen LogP) is 5.02. The molecule has 0 radical (unpaired) electrons. The smallest absolute Gasteiger partial charge is 0.0130 e. The first-order chi connectivity index (χ1) is 8.34. The molecule has 0 saturated heterocycles. The molecule has 0 spiro atoms. The molecule has 0 saturated carbocycles. The zero-order valence-corrected chi connectivity index (χ0v) is 11.5. The summed E-state index contributed by atoms with van der Waals surface area (Å²) in [6, 6.07) is 18.8. The van der Waals surface area contributed by atoms with Gasteiger partial charge >= 0.3 is 0 Å². The molecule has 0 nitrogen and oxygen atoms in total. The Labute approximate surface area is 116 Å². The molecule has 2 rings (SSSR count). The van der Waals surface area contributed by atoms with E-state index in [0.717, 1.165) is 0 Å². The third kappa shape index (κ3) is 4.19. The van der Waals surface area contributed by atoms with Gasteiger partial charge in [-0.1, -0.05) is 66.8 Å². The molecule has 0 heterocycles. The molecule has 2 aromatic carbocycles. The third-order valence-corrected chi connectivity index (χ3v) is 3.08. The summed E-state index contributed by atoms with van der Waals surface area (Å²) in [7, 11) is 0. The zero-order chi connectivity index (χ0) is 11.9. The summed E-state index contributed by atoms with van der Waals surface area (Å²) in [5.41, 5.74) is 2.45. The highest BCUT2D eigenvalue weighted by molar-refractivity contribution is 14.1. The first-order valence-electron chi connectivity index (χ1n) is 5.50. The molecule has 17 heavy (non-hydrogen) atoms. The molecule has 0 N–H and O–H groups in total. The lowest BCUT2D eigenvalue weighted by molar-refractivity contribution is 1.61. The zero-order valence-electron chi connectivity index (χ0n) is 9.38. The summed E-state index contributed by atoms with van der Waals surface area (Å²) >= 11 is 2.31. The van der Waals surface area contributed by atoms with Crippen LogP contribution in [0, 0.1) is 3.57 Å². The molecular weight excluding hydrogens is 319 g/mol. The highest BCUT2D eigenvalue weighted by atomic mass is 127. The van der Waals surface area contributed by atoms with Crippen molar-refractivity contribution in [2.75, 3.05) is 0 Å². The van der Waals surface area contributed by atoms with E-state index in [-0.39, 0.29) is 0 Å². The molecule has 0 bridgehead atoms. The maximum Gasteiger partial charge on any atom is 0.0130 e. The van der Waals surface area contributed by atoms with Gasteiger partial charge in [-0.15, -0.1) is 0 Å². The van der Waals surface area contributed by atoms with Crippen molar-refractivity contribution in [3.63, 3.8) is 0 Å². The van der Waals surface area contributed by atoms with Gasteiger partial charge in [0.2, 0.25) is 0 Å². The Morgan fingerprint density at radius 1 is 0.647 bits per heavy atom. The molecule has 0 amide bonds. The van der Waals surface area contributed by atoms with E-state index < -0.39 is 0 Å². The first-order valence-corrected chi connectivity index (χ1v) is 6.58. The van der Waals surface area contributed by atoms with Crippen molar-refractivity contribution >= 4 is 34.7 Å². The monoisotopic (exact) mass is 332 g/mol. The van der Waals surface area contributed by atoms with Crippen LogP contribution in [-0.2, 0) is 0 Å². The Bertz CT molecular complexity index is 507. The second-order valence-electron chi connectivity index (χ2n) is 3.68. The van der Waals surface area contributed by atoms with Crippen molar-refractivity contribution < 1.29 is 0 Å². The molecule has 0 fully saturated rings. The second-order valence-corrected chi connectivity index (χ2v) is 4.93. The Morgan fingerprint density at radius 2 is 1.18 bits per heavy atom. The van der Waals surface area contributed by atoms with Crippen molar-refractivity contribution in [1.82, 2.24) is 0 Å². The number of benzene rings is 2. The van der Waals surface area contributed by atoms with E-state index in [9.17, 15) is 0 Å². The summed E-state index contributed by atoms with van der Waals surface area (Å²) in [6.45, 7) is 0. The van der Waals surface area contributed by atoms with Crippen LogP contribution in [0.15, 0.2) is 66.7 Å². The standard InChI is InChI=1S/C16H13I/c17-16-12-10-15(11-13-16)9-5-4-8-14-6-2-1-3-7-14/h1-13H/b8-4+,9-5+. The normalized spacial score (nSPS) is 11.4. The third-order valence-electron chi connectivity index (χ3n) is 2.36. The SMILES string of the molecule is Ic1ccc(/C=C/C=C/c2ccccc2)cc1. The van der Waals surface area contributed by atoms with E-state index in [1.165, 1.54) is 14.7 Å². The van der Waals surface area contributed by atoms with Gasteiger partial charge in [0.25, 0.3) is 0 Å². The average Bonchev–Trinajstić information content (AvgIpc) is 2.38. The van der Waals surface area contributed by atoms with Crippen molar-refractivity contribution in [1.29, 1.82) is 0 Å². The van der Waals surface area contributed by atoms with E-state index >= 15 is 0 Å². The number of rotatable bonds is 3. The molecule has 0 aliphatic carbocycles. The number of halogens is 1. The lowest BCUT2D eigenvalue weighted by Crippen LogP contribution is -1.72. The van der Waals surface area contributed by atoms with Crippen LogP contribution in [0.25, 0.3) is 12.2 Å². The van der Waals surface area contributed by atoms with Crippen LogP contribution < -0.4 is 0 Å². The fourth-order valence-electron chi connectivity index (χ4n) is 1.47. The number of hydrogen-bond donors (Lipinski definition) is 0. The van der Waals surface area contributed by atoms with E-state index in [1.54, 1.807) is 0 Å². The van der Waals surface area contributed by atoms with Crippen LogP contribution in [-0.4, -0.2) is 0 Å². The summed E-state index contributed by atoms with van der Waals surface area (Å²) in [4.78, 5) is 0. The highest BCUT2D eigenvalue weighted by Crippen LogP contribution is 2.08. The van der Waals surface area contributed by atoms with Gasteiger partial charge in [-0.05, 0) is 45.9 Å².